The molecule has 2 saturated carbocycles. The number of hydrogen-bond donors (Lipinski definition) is 3. The summed E-state index contributed by atoms with van der Waals surface area (Å²) >= 11 is 0. The summed E-state index contributed by atoms with van der Waals surface area (Å²) < 4.78 is 65.3. The van der Waals surface area contributed by atoms with E-state index in [9.17, 15) is 21.6 Å². The molecule has 6 rings (SSSR count). The minimum Gasteiger partial charge on any atom is -0.381 e. The standard InChI is InChI=1S/C30H35F3N10O2S/c1-41(2)17-20-4-7-24(8-5-20)39-26-13-29(34,36-15-22(26)6-3-21-14-37-42(18-21)30(31,32)33)27-11-12-35-28(40-27)23-16-38-43(19-23)46(44,45)25-9-10-25/h11-16,18-20,24-25,36,39H,4-5,7-10,17,34H2,1-2H3. The first-order chi connectivity index (χ1) is 21.8. The van der Waals surface area contributed by atoms with Gasteiger partial charge in [0.1, 0.15) is 0 Å². The van der Waals surface area contributed by atoms with Crippen LogP contribution in [-0.2, 0) is 22.0 Å². The Bertz CT molecular complexity index is 1820. The Balaban J connectivity index is 1.27. The summed E-state index contributed by atoms with van der Waals surface area (Å²) in [6.07, 6.45) is 10.2. The second-order valence-electron chi connectivity index (χ2n) is 12.3. The molecule has 3 aromatic heterocycles. The van der Waals surface area contributed by atoms with Crippen molar-refractivity contribution in [2.75, 3.05) is 20.6 Å². The van der Waals surface area contributed by atoms with E-state index >= 15 is 0 Å². The predicted octanol–water partition coefficient (Wildman–Crippen LogP) is 2.60. The smallest absolute Gasteiger partial charge is 0.381 e. The molecule has 0 radical (unpaired) electrons. The van der Waals surface area contributed by atoms with Gasteiger partial charge in [-0.15, -0.1) is 13.2 Å². The summed E-state index contributed by atoms with van der Waals surface area (Å²) in [5, 5.41) is 13.7. The van der Waals surface area contributed by atoms with Crippen LogP contribution in [0.25, 0.3) is 11.4 Å². The fourth-order valence-corrected chi connectivity index (χ4v) is 7.16. The van der Waals surface area contributed by atoms with Gasteiger partial charge in [-0.25, -0.2) is 18.4 Å². The maximum absolute atomic E-state index is 13.0. The number of alkyl halides is 3. The van der Waals surface area contributed by atoms with Crippen molar-refractivity contribution in [2.24, 2.45) is 11.7 Å². The average molecular weight is 657 g/mol. The molecule has 12 nitrogen and oxygen atoms in total. The normalized spacial score (nSPS) is 23.6. The topological polar surface area (TPSA) is 149 Å². The zero-order valence-electron chi connectivity index (χ0n) is 25.4. The van der Waals surface area contributed by atoms with Crippen LogP contribution < -0.4 is 16.4 Å². The summed E-state index contributed by atoms with van der Waals surface area (Å²) in [6.45, 7) is 1.02. The molecular weight excluding hydrogens is 621 g/mol. The van der Waals surface area contributed by atoms with Gasteiger partial charge in [0.15, 0.2) is 11.5 Å². The van der Waals surface area contributed by atoms with Crippen LogP contribution in [0.3, 0.4) is 0 Å². The minimum absolute atomic E-state index is 0.0889. The molecule has 46 heavy (non-hydrogen) atoms. The van der Waals surface area contributed by atoms with Gasteiger partial charge in [-0.05, 0) is 70.7 Å². The first-order valence-corrected chi connectivity index (χ1v) is 16.5. The van der Waals surface area contributed by atoms with Crippen LogP contribution in [0.2, 0.25) is 0 Å². The van der Waals surface area contributed by atoms with Crippen LogP contribution in [0, 0.1) is 17.8 Å². The molecule has 1 aliphatic heterocycles. The van der Waals surface area contributed by atoms with Gasteiger partial charge in [-0.2, -0.15) is 19.0 Å². The Kier molecular flexibility index (Phi) is 8.42. The van der Waals surface area contributed by atoms with E-state index in [0.29, 0.717) is 41.3 Å². The monoisotopic (exact) mass is 656 g/mol. The molecule has 1 atom stereocenters. The zero-order chi connectivity index (χ0) is 32.7. The number of nitrogens with two attached hydrogens (primary N) is 1. The summed E-state index contributed by atoms with van der Waals surface area (Å²) in [5.74, 6) is 6.60. The van der Waals surface area contributed by atoms with Gasteiger partial charge in [0.25, 0.3) is 10.0 Å². The number of hydrogen-bond acceptors (Lipinski definition) is 10. The van der Waals surface area contributed by atoms with Crippen molar-refractivity contribution in [3.63, 3.8) is 0 Å². The van der Waals surface area contributed by atoms with Crippen LogP contribution in [-0.4, -0.2) is 74.2 Å². The number of nitrogens with one attached hydrogen (secondary N) is 2. The van der Waals surface area contributed by atoms with Crippen LogP contribution in [0.1, 0.15) is 49.8 Å². The molecule has 2 fully saturated rings. The fourth-order valence-electron chi connectivity index (χ4n) is 5.68. The molecule has 2 aliphatic carbocycles. The molecule has 244 valence electrons. The summed E-state index contributed by atoms with van der Waals surface area (Å²) in [7, 11) is 0.585. The lowest BCUT2D eigenvalue weighted by Crippen LogP contribution is -2.50. The molecule has 0 saturated heterocycles. The van der Waals surface area contributed by atoms with Crippen molar-refractivity contribution in [1.29, 1.82) is 0 Å². The summed E-state index contributed by atoms with van der Waals surface area (Å²) in [5.41, 5.74) is 7.62. The molecule has 16 heteroatoms. The van der Waals surface area contributed by atoms with E-state index in [2.05, 4.69) is 61.6 Å². The lowest BCUT2D eigenvalue weighted by molar-refractivity contribution is -0.212. The van der Waals surface area contributed by atoms with E-state index < -0.39 is 27.2 Å². The molecule has 3 aromatic rings. The number of allylic oxidation sites excluding steroid dienone is 1. The third kappa shape index (κ3) is 6.96. The highest BCUT2D eigenvalue weighted by Crippen LogP contribution is 2.31. The third-order valence-corrected chi connectivity index (χ3v) is 10.3. The van der Waals surface area contributed by atoms with Crippen LogP contribution in [0.15, 0.2) is 60.6 Å². The van der Waals surface area contributed by atoms with E-state index in [1.54, 1.807) is 18.3 Å². The Morgan fingerprint density at radius 3 is 2.54 bits per heavy atom. The van der Waals surface area contributed by atoms with Gasteiger partial charge in [0.2, 0.25) is 0 Å². The summed E-state index contributed by atoms with van der Waals surface area (Å²) in [4.78, 5) is 11.2. The first kappa shape index (κ1) is 31.8. The molecule has 0 aromatic carbocycles. The number of aromatic nitrogens is 6. The van der Waals surface area contributed by atoms with Crippen molar-refractivity contribution in [3.05, 3.63) is 71.9 Å². The number of halogens is 3. The Morgan fingerprint density at radius 2 is 1.87 bits per heavy atom. The van der Waals surface area contributed by atoms with E-state index in [4.69, 9.17) is 5.73 Å². The van der Waals surface area contributed by atoms with E-state index in [0.717, 1.165) is 48.7 Å². The molecule has 1 unspecified atom stereocenters. The van der Waals surface area contributed by atoms with Crippen LogP contribution in [0.4, 0.5) is 13.2 Å². The Morgan fingerprint density at radius 1 is 1.11 bits per heavy atom. The molecule has 0 spiro atoms. The van der Waals surface area contributed by atoms with Crippen molar-refractivity contribution < 1.29 is 21.6 Å². The Labute approximate surface area is 265 Å². The highest BCUT2D eigenvalue weighted by molar-refractivity contribution is 7.90. The van der Waals surface area contributed by atoms with E-state index in [1.807, 2.05) is 0 Å². The van der Waals surface area contributed by atoms with Gasteiger partial charge in [0.05, 0.1) is 51.9 Å². The van der Waals surface area contributed by atoms with Gasteiger partial charge in [-0.3, -0.25) is 0 Å². The maximum atomic E-state index is 13.0. The molecule has 0 amide bonds. The van der Waals surface area contributed by atoms with Crippen LogP contribution >= 0.6 is 0 Å². The lowest BCUT2D eigenvalue weighted by atomic mass is 9.85. The van der Waals surface area contributed by atoms with Crippen molar-refractivity contribution >= 4 is 10.0 Å². The Hall–Kier alpha value is -4.20. The second kappa shape index (κ2) is 12.2. The number of nitrogens with zero attached hydrogens (tertiary/aromatic N) is 7. The van der Waals surface area contributed by atoms with E-state index in [-0.39, 0.29) is 22.1 Å². The largest absolute Gasteiger partial charge is 0.504 e. The highest BCUT2D eigenvalue weighted by atomic mass is 32.2. The van der Waals surface area contributed by atoms with Crippen molar-refractivity contribution in [1.82, 2.24) is 44.5 Å². The van der Waals surface area contributed by atoms with Crippen molar-refractivity contribution in [2.45, 2.75) is 61.8 Å². The predicted molar refractivity (Wildman–Crippen MR) is 164 cm³/mol. The highest BCUT2D eigenvalue weighted by Gasteiger charge is 2.38. The molecule has 4 heterocycles. The fraction of sp³-hybridized carbons (Fsp3) is 0.467. The van der Waals surface area contributed by atoms with E-state index in [1.165, 1.54) is 18.6 Å². The molecule has 0 bridgehead atoms. The lowest BCUT2D eigenvalue weighted by Gasteiger charge is -2.35. The van der Waals surface area contributed by atoms with Gasteiger partial charge in [0, 0.05) is 31.2 Å². The third-order valence-electron chi connectivity index (χ3n) is 8.24. The van der Waals surface area contributed by atoms with Gasteiger partial charge >= 0.3 is 6.30 Å². The van der Waals surface area contributed by atoms with Crippen molar-refractivity contribution in [3.8, 4) is 23.2 Å². The average Bonchev–Trinajstić information content (AvgIpc) is 3.55. The van der Waals surface area contributed by atoms with Crippen LogP contribution in [0.5, 0.6) is 0 Å². The maximum Gasteiger partial charge on any atom is 0.504 e. The zero-order valence-corrected chi connectivity index (χ0v) is 26.2. The molecule has 3 aliphatic rings. The minimum atomic E-state index is -4.64. The molecule has 4 N–H and O–H groups in total. The molecular formula is C30H35F3N10O2S. The SMILES string of the molecule is CN(C)CC1CCC(NC2=CC(N)(c3ccnc(-c4cnn(S(=O)(=O)C5CC5)c4)n3)NC=C2C#Cc2cnn(C(F)(F)F)c2)CC1. The number of dihydropyridines is 1. The quantitative estimate of drug-likeness (QED) is 0.309. The number of rotatable bonds is 8. The second-order valence-corrected chi connectivity index (χ2v) is 14.3. The van der Waals surface area contributed by atoms with Gasteiger partial charge in [-0.1, -0.05) is 11.8 Å². The first-order valence-electron chi connectivity index (χ1n) is 15.0. The van der Waals surface area contributed by atoms with Gasteiger partial charge < -0.3 is 21.3 Å². The summed E-state index contributed by atoms with van der Waals surface area (Å²) in [6, 6.07) is 1.80.